The number of nitrogens with zero attached hydrogens (tertiary/aromatic N) is 2. The van der Waals surface area contributed by atoms with Gasteiger partial charge in [0, 0.05) is 13.2 Å². The summed E-state index contributed by atoms with van der Waals surface area (Å²) in [6.07, 6.45) is 5.20. The van der Waals surface area contributed by atoms with Gasteiger partial charge >= 0.3 is 0 Å². The van der Waals surface area contributed by atoms with Gasteiger partial charge in [-0.1, -0.05) is 6.42 Å². The van der Waals surface area contributed by atoms with Crippen LogP contribution >= 0.6 is 11.3 Å². The second kappa shape index (κ2) is 5.20. The number of rotatable bonds is 4. The molecule has 4 nitrogen and oxygen atoms in total. The monoisotopic (exact) mass is 263 g/mol. The van der Waals surface area contributed by atoms with E-state index in [9.17, 15) is 5.11 Å². The molecule has 0 bridgehead atoms. The van der Waals surface area contributed by atoms with Gasteiger partial charge in [-0.15, -0.1) is 11.3 Å². The van der Waals surface area contributed by atoms with Crippen molar-refractivity contribution in [3.05, 3.63) is 17.8 Å². The van der Waals surface area contributed by atoms with E-state index in [-0.39, 0.29) is 0 Å². The normalized spacial score (nSPS) is 23.6. The molecule has 2 unspecified atom stereocenters. The minimum Gasteiger partial charge on any atom is -0.396 e. The predicted octanol–water partition coefficient (Wildman–Crippen LogP) is 2.51. The Kier molecular flexibility index (Phi) is 3.43. The lowest BCUT2D eigenvalue weighted by atomic mass is 9.97. The first-order chi connectivity index (χ1) is 8.88. The van der Waals surface area contributed by atoms with Crippen LogP contribution in [-0.4, -0.2) is 28.2 Å². The fourth-order valence-electron chi connectivity index (χ4n) is 2.77. The van der Waals surface area contributed by atoms with E-state index >= 15 is 0 Å². The molecule has 0 aliphatic heterocycles. The number of anilines is 1. The first kappa shape index (κ1) is 11.9. The van der Waals surface area contributed by atoms with Crippen LogP contribution in [0.5, 0.6) is 0 Å². The highest BCUT2D eigenvalue weighted by atomic mass is 32.1. The summed E-state index contributed by atoms with van der Waals surface area (Å²) in [5, 5.41) is 14.8. The van der Waals surface area contributed by atoms with Crippen molar-refractivity contribution in [3.63, 3.8) is 0 Å². The van der Waals surface area contributed by atoms with Crippen LogP contribution in [0.2, 0.25) is 0 Å². The largest absolute Gasteiger partial charge is 0.396 e. The molecule has 2 aromatic heterocycles. The second-order valence-electron chi connectivity index (χ2n) is 4.87. The summed E-state index contributed by atoms with van der Waals surface area (Å²) in [6, 6.07) is 2.01. The Balaban J connectivity index is 1.71. The molecule has 0 spiro atoms. The minimum atomic E-state index is 0.310. The van der Waals surface area contributed by atoms with Crippen LogP contribution in [0.3, 0.4) is 0 Å². The molecule has 0 aromatic carbocycles. The van der Waals surface area contributed by atoms with Crippen LogP contribution in [0.15, 0.2) is 17.8 Å². The van der Waals surface area contributed by atoms with Crippen molar-refractivity contribution in [3.8, 4) is 0 Å². The summed E-state index contributed by atoms with van der Waals surface area (Å²) in [5.74, 6) is 1.96. The Morgan fingerprint density at radius 2 is 2.22 bits per heavy atom. The third-order valence-corrected chi connectivity index (χ3v) is 4.74. The molecule has 1 saturated carbocycles. The molecule has 0 radical (unpaired) electrons. The van der Waals surface area contributed by atoms with E-state index in [4.69, 9.17) is 0 Å². The van der Waals surface area contributed by atoms with Gasteiger partial charge in [-0.05, 0) is 36.1 Å². The Morgan fingerprint density at radius 1 is 1.33 bits per heavy atom. The molecular weight excluding hydrogens is 246 g/mol. The number of thiophene rings is 1. The molecule has 2 aromatic rings. The zero-order chi connectivity index (χ0) is 12.4. The average molecular weight is 263 g/mol. The lowest BCUT2D eigenvalue weighted by Gasteiger charge is -2.18. The van der Waals surface area contributed by atoms with Crippen molar-refractivity contribution in [1.82, 2.24) is 9.97 Å². The van der Waals surface area contributed by atoms with E-state index in [1.165, 1.54) is 12.8 Å². The van der Waals surface area contributed by atoms with Gasteiger partial charge in [0.1, 0.15) is 12.1 Å². The molecule has 1 aliphatic rings. The van der Waals surface area contributed by atoms with Crippen molar-refractivity contribution in [2.45, 2.75) is 19.3 Å². The van der Waals surface area contributed by atoms with Crippen LogP contribution in [0.25, 0.3) is 10.2 Å². The number of aliphatic hydroxyl groups is 1. The highest BCUT2D eigenvalue weighted by Crippen LogP contribution is 2.32. The minimum absolute atomic E-state index is 0.310. The lowest BCUT2D eigenvalue weighted by Crippen LogP contribution is -2.21. The summed E-state index contributed by atoms with van der Waals surface area (Å²) in [4.78, 5) is 8.55. The fraction of sp³-hybridized carbons (Fsp3) is 0.538. The van der Waals surface area contributed by atoms with Gasteiger partial charge in [0.15, 0.2) is 0 Å². The van der Waals surface area contributed by atoms with E-state index in [2.05, 4.69) is 15.3 Å². The second-order valence-corrected chi connectivity index (χ2v) is 5.79. The number of aromatic nitrogens is 2. The van der Waals surface area contributed by atoms with Gasteiger partial charge in [-0.25, -0.2) is 9.97 Å². The maximum absolute atomic E-state index is 9.32. The van der Waals surface area contributed by atoms with E-state index < -0.39 is 0 Å². The predicted molar refractivity (Wildman–Crippen MR) is 73.8 cm³/mol. The molecule has 2 atom stereocenters. The number of nitrogens with one attached hydrogen (secondary N) is 1. The molecule has 0 saturated heterocycles. The number of hydrogen-bond donors (Lipinski definition) is 2. The van der Waals surface area contributed by atoms with Gasteiger partial charge in [0.05, 0.1) is 10.2 Å². The molecule has 5 heteroatoms. The molecule has 2 N–H and O–H groups in total. The van der Waals surface area contributed by atoms with Crippen molar-refractivity contribution >= 4 is 27.4 Å². The van der Waals surface area contributed by atoms with Gasteiger partial charge < -0.3 is 10.4 Å². The molecule has 96 valence electrons. The molecule has 1 fully saturated rings. The van der Waals surface area contributed by atoms with Crippen molar-refractivity contribution < 1.29 is 5.11 Å². The average Bonchev–Trinajstić information content (AvgIpc) is 3.04. The third-order valence-electron chi connectivity index (χ3n) is 3.83. The van der Waals surface area contributed by atoms with E-state index in [0.29, 0.717) is 18.4 Å². The Labute approximate surface area is 110 Å². The summed E-state index contributed by atoms with van der Waals surface area (Å²) in [7, 11) is 0. The van der Waals surface area contributed by atoms with Crippen LogP contribution in [0.4, 0.5) is 5.82 Å². The van der Waals surface area contributed by atoms with Gasteiger partial charge in [-0.3, -0.25) is 0 Å². The first-order valence-corrected chi connectivity index (χ1v) is 7.29. The van der Waals surface area contributed by atoms with Gasteiger partial charge in [0.25, 0.3) is 0 Å². The summed E-state index contributed by atoms with van der Waals surface area (Å²) >= 11 is 1.67. The Hall–Kier alpha value is -1.20. The summed E-state index contributed by atoms with van der Waals surface area (Å²) in [6.45, 7) is 1.21. The van der Waals surface area contributed by atoms with Crippen molar-refractivity contribution in [2.75, 3.05) is 18.5 Å². The summed E-state index contributed by atoms with van der Waals surface area (Å²) in [5.41, 5.74) is 1.00. The molecule has 3 rings (SSSR count). The summed E-state index contributed by atoms with van der Waals surface area (Å²) < 4.78 is 1.12. The van der Waals surface area contributed by atoms with E-state index in [1.54, 1.807) is 17.7 Å². The zero-order valence-corrected chi connectivity index (χ0v) is 11.0. The van der Waals surface area contributed by atoms with Crippen molar-refractivity contribution in [1.29, 1.82) is 0 Å². The van der Waals surface area contributed by atoms with Crippen LogP contribution < -0.4 is 5.32 Å². The Bertz CT molecular complexity index is 528. The molecule has 1 aliphatic carbocycles. The standard InChI is InChI=1S/C13H17N3OS/c17-7-10-3-1-2-9(10)6-14-13-12-11(4-5-18-12)15-8-16-13/h4-5,8-10,17H,1-3,6-7H2,(H,14,15,16). The maximum Gasteiger partial charge on any atom is 0.147 e. The SMILES string of the molecule is OCC1CCCC1CNc1ncnc2ccsc12. The maximum atomic E-state index is 9.32. The number of fused-ring (bicyclic) bond motifs is 1. The topological polar surface area (TPSA) is 58.0 Å². The fourth-order valence-corrected chi connectivity index (χ4v) is 3.58. The number of aliphatic hydroxyl groups excluding tert-OH is 1. The van der Waals surface area contributed by atoms with Crippen LogP contribution in [-0.2, 0) is 0 Å². The van der Waals surface area contributed by atoms with Crippen LogP contribution in [0, 0.1) is 11.8 Å². The van der Waals surface area contributed by atoms with Crippen LogP contribution in [0.1, 0.15) is 19.3 Å². The van der Waals surface area contributed by atoms with Crippen molar-refractivity contribution in [2.24, 2.45) is 11.8 Å². The van der Waals surface area contributed by atoms with E-state index in [0.717, 1.165) is 29.0 Å². The highest BCUT2D eigenvalue weighted by molar-refractivity contribution is 7.17. The number of hydrogen-bond acceptors (Lipinski definition) is 5. The molecule has 0 amide bonds. The molecule has 2 heterocycles. The van der Waals surface area contributed by atoms with Gasteiger partial charge in [-0.2, -0.15) is 0 Å². The zero-order valence-electron chi connectivity index (χ0n) is 10.2. The highest BCUT2D eigenvalue weighted by Gasteiger charge is 2.26. The Morgan fingerprint density at radius 3 is 3.11 bits per heavy atom. The van der Waals surface area contributed by atoms with Gasteiger partial charge in [0.2, 0.25) is 0 Å². The third kappa shape index (κ3) is 2.20. The molecular formula is C13H17N3OS. The quantitative estimate of drug-likeness (QED) is 0.890. The lowest BCUT2D eigenvalue weighted by molar-refractivity contribution is 0.199. The first-order valence-electron chi connectivity index (χ1n) is 6.41. The smallest absolute Gasteiger partial charge is 0.147 e. The van der Waals surface area contributed by atoms with E-state index in [1.807, 2.05) is 11.4 Å². The molecule has 18 heavy (non-hydrogen) atoms.